The van der Waals surface area contributed by atoms with E-state index in [1.807, 2.05) is 16.7 Å². The van der Waals surface area contributed by atoms with E-state index in [9.17, 15) is 13.6 Å². The molecule has 0 unspecified atom stereocenters. The van der Waals surface area contributed by atoms with Crippen molar-refractivity contribution < 1.29 is 18.3 Å². The van der Waals surface area contributed by atoms with Crippen LogP contribution in [0.3, 0.4) is 0 Å². The van der Waals surface area contributed by atoms with Gasteiger partial charge in [-0.15, -0.1) is 0 Å². The van der Waals surface area contributed by atoms with Crippen molar-refractivity contribution in [2.75, 3.05) is 6.61 Å². The highest BCUT2D eigenvalue weighted by Gasteiger charge is 2.16. The van der Waals surface area contributed by atoms with Crippen molar-refractivity contribution in [2.24, 2.45) is 0 Å². The summed E-state index contributed by atoms with van der Waals surface area (Å²) in [4.78, 5) is 16.8. The lowest BCUT2D eigenvalue weighted by molar-refractivity contribution is 0.0526. The quantitative estimate of drug-likeness (QED) is 0.228. The van der Waals surface area contributed by atoms with Crippen molar-refractivity contribution in [3.63, 3.8) is 0 Å². The van der Waals surface area contributed by atoms with Gasteiger partial charge in [-0.1, -0.05) is 41.6 Å². The van der Waals surface area contributed by atoms with Crippen molar-refractivity contribution in [3.8, 4) is 0 Å². The highest BCUT2D eigenvalue weighted by molar-refractivity contribution is 7.98. The van der Waals surface area contributed by atoms with Gasteiger partial charge in [0, 0.05) is 5.75 Å². The highest BCUT2D eigenvalue weighted by atomic mass is 35.5. The number of benzene rings is 3. The topological polar surface area (TPSA) is 44.1 Å². The Morgan fingerprint density at radius 3 is 2.69 bits per heavy atom. The molecule has 0 spiro atoms. The number of fused-ring (bicyclic) bond motifs is 1. The third kappa shape index (κ3) is 4.95. The van der Waals surface area contributed by atoms with Crippen LogP contribution in [0.1, 0.15) is 28.4 Å². The van der Waals surface area contributed by atoms with Crippen LogP contribution >= 0.6 is 23.4 Å². The minimum Gasteiger partial charge on any atom is -0.462 e. The number of halogens is 3. The first-order valence-corrected chi connectivity index (χ1v) is 11.3. The number of imidazole rings is 1. The number of esters is 1. The number of thioether (sulfide) groups is 1. The average molecular weight is 473 g/mol. The molecule has 1 aromatic heterocycles. The lowest BCUT2D eigenvalue weighted by atomic mass is 10.2. The van der Waals surface area contributed by atoms with Crippen LogP contribution in [-0.4, -0.2) is 22.1 Å². The highest BCUT2D eigenvalue weighted by Crippen LogP contribution is 2.29. The van der Waals surface area contributed by atoms with E-state index in [2.05, 4.69) is 0 Å². The molecular weight excluding hydrogens is 454 g/mol. The number of nitrogens with zero attached hydrogens (tertiary/aromatic N) is 2. The maximum Gasteiger partial charge on any atom is 0.338 e. The maximum atomic E-state index is 13.7. The molecule has 0 fully saturated rings. The van der Waals surface area contributed by atoms with Crippen molar-refractivity contribution in [3.05, 3.63) is 94.0 Å². The van der Waals surface area contributed by atoms with Crippen molar-refractivity contribution >= 4 is 40.4 Å². The van der Waals surface area contributed by atoms with Gasteiger partial charge in [0.2, 0.25) is 0 Å². The molecule has 8 heteroatoms. The van der Waals surface area contributed by atoms with Gasteiger partial charge >= 0.3 is 5.97 Å². The van der Waals surface area contributed by atoms with E-state index in [1.165, 1.54) is 30.0 Å². The summed E-state index contributed by atoms with van der Waals surface area (Å²) in [6.07, 6.45) is 0. The summed E-state index contributed by atoms with van der Waals surface area (Å²) in [7, 11) is 0. The standard InChI is InChI=1S/C24H19ClF2N2O2S/c1-2-31-23(30)17-7-9-22-21(12-17)28-24(29(22)13-15-4-3-5-18(26)10-15)32-14-16-6-8-20(27)19(25)11-16/h3-12H,2,13-14H2,1H3. The summed E-state index contributed by atoms with van der Waals surface area (Å²) < 4.78 is 34.3. The number of aromatic nitrogens is 2. The molecule has 0 saturated carbocycles. The zero-order chi connectivity index (χ0) is 22.7. The van der Waals surface area contributed by atoms with Gasteiger partial charge in [-0.2, -0.15) is 0 Å². The Kier molecular flexibility index (Phi) is 6.77. The molecule has 4 nitrogen and oxygen atoms in total. The van der Waals surface area contributed by atoms with Gasteiger partial charge in [-0.25, -0.2) is 18.6 Å². The molecule has 4 aromatic rings. The third-order valence-electron chi connectivity index (χ3n) is 4.81. The van der Waals surface area contributed by atoms with Crippen molar-refractivity contribution in [1.29, 1.82) is 0 Å². The van der Waals surface area contributed by atoms with Gasteiger partial charge in [-0.05, 0) is 60.5 Å². The Hall–Kier alpha value is -2.90. The molecule has 4 rings (SSSR count). The van der Waals surface area contributed by atoms with Crippen LogP contribution in [0, 0.1) is 11.6 Å². The van der Waals surface area contributed by atoms with E-state index in [4.69, 9.17) is 21.3 Å². The molecule has 1 heterocycles. The van der Waals surface area contributed by atoms with Crippen LogP contribution in [0.4, 0.5) is 8.78 Å². The summed E-state index contributed by atoms with van der Waals surface area (Å²) in [5, 5.41) is 0.751. The number of rotatable bonds is 7. The Labute approximate surface area is 193 Å². The predicted molar refractivity (Wildman–Crippen MR) is 122 cm³/mol. The number of hydrogen-bond acceptors (Lipinski definition) is 4. The molecule has 164 valence electrons. The molecule has 0 aliphatic rings. The fourth-order valence-corrected chi connectivity index (χ4v) is 4.47. The summed E-state index contributed by atoms with van der Waals surface area (Å²) in [5.74, 6) is -0.682. The summed E-state index contributed by atoms with van der Waals surface area (Å²) in [6, 6.07) is 16.2. The van der Waals surface area contributed by atoms with Crippen LogP contribution in [0.15, 0.2) is 65.8 Å². The fourth-order valence-electron chi connectivity index (χ4n) is 3.31. The third-order valence-corrected chi connectivity index (χ3v) is 6.14. The van der Waals surface area contributed by atoms with E-state index in [1.54, 1.807) is 37.3 Å². The van der Waals surface area contributed by atoms with Gasteiger partial charge in [0.1, 0.15) is 11.6 Å². The van der Waals surface area contributed by atoms with Crippen molar-refractivity contribution in [2.45, 2.75) is 24.4 Å². The Balaban J connectivity index is 1.70. The molecule has 0 atom stereocenters. The molecular formula is C24H19ClF2N2O2S. The summed E-state index contributed by atoms with van der Waals surface area (Å²) in [6.45, 7) is 2.44. The van der Waals surface area contributed by atoms with Gasteiger partial charge in [0.05, 0.1) is 34.8 Å². The zero-order valence-electron chi connectivity index (χ0n) is 17.1. The molecule has 32 heavy (non-hydrogen) atoms. The number of carbonyl (C=O) groups excluding carboxylic acids is 1. The second-order valence-electron chi connectivity index (χ2n) is 7.07. The van der Waals surface area contributed by atoms with Gasteiger partial charge in [0.25, 0.3) is 0 Å². The maximum absolute atomic E-state index is 13.7. The SMILES string of the molecule is CCOC(=O)c1ccc2c(c1)nc(SCc1ccc(F)c(Cl)c1)n2Cc1cccc(F)c1. The normalized spacial score (nSPS) is 11.1. The van der Waals surface area contributed by atoms with Crippen LogP contribution in [0.5, 0.6) is 0 Å². The van der Waals surface area contributed by atoms with Gasteiger partial charge in [-0.3, -0.25) is 0 Å². The Morgan fingerprint density at radius 1 is 1.09 bits per heavy atom. The Morgan fingerprint density at radius 2 is 1.94 bits per heavy atom. The molecule has 0 N–H and O–H groups in total. The van der Waals surface area contributed by atoms with Crippen LogP contribution < -0.4 is 0 Å². The number of hydrogen-bond donors (Lipinski definition) is 0. The smallest absolute Gasteiger partial charge is 0.338 e. The monoisotopic (exact) mass is 472 g/mol. The largest absolute Gasteiger partial charge is 0.462 e. The van der Waals surface area contributed by atoms with E-state index < -0.39 is 11.8 Å². The lowest BCUT2D eigenvalue weighted by Gasteiger charge is -2.10. The average Bonchev–Trinajstić information content (AvgIpc) is 3.11. The molecule has 0 amide bonds. The minimum absolute atomic E-state index is 0.0652. The zero-order valence-corrected chi connectivity index (χ0v) is 18.7. The first kappa shape index (κ1) is 22.3. The fraction of sp³-hybridized carbons (Fsp3) is 0.167. The second-order valence-corrected chi connectivity index (χ2v) is 8.42. The number of carbonyl (C=O) groups is 1. The Bertz CT molecular complexity index is 1290. The van der Waals surface area contributed by atoms with E-state index in [-0.39, 0.29) is 17.4 Å². The van der Waals surface area contributed by atoms with Crippen LogP contribution in [0.25, 0.3) is 11.0 Å². The molecule has 0 saturated heterocycles. The van der Waals surface area contributed by atoms with Crippen LogP contribution in [0.2, 0.25) is 5.02 Å². The van der Waals surface area contributed by atoms with Crippen LogP contribution in [-0.2, 0) is 17.0 Å². The van der Waals surface area contributed by atoms with E-state index >= 15 is 0 Å². The first-order chi connectivity index (χ1) is 15.4. The lowest BCUT2D eigenvalue weighted by Crippen LogP contribution is -2.05. The second kappa shape index (κ2) is 9.71. The first-order valence-electron chi connectivity index (χ1n) is 9.93. The summed E-state index contributed by atoms with van der Waals surface area (Å²) in [5.41, 5.74) is 3.48. The number of ether oxygens (including phenoxy) is 1. The molecule has 0 radical (unpaired) electrons. The predicted octanol–water partition coefficient (Wildman–Crippen LogP) is 6.49. The van der Waals surface area contributed by atoms with E-state index in [0.29, 0.717) is 28.5 Å². The molecule has 3 aromatic carbocycles. The van der Waals surface area contributed by atoms with Crippen molar-refractivity contribution in [1.82, 2.24) is 9.55 Å². The minimum atomic E-state index is -0.467. The molecule has 0 aliphatic heterocycles. The van der Waals surface area contributed by atoms with Gasteiger partial charge in [0.15, 0.2) is 5.16 Å². The van der Waals surface area contributed by atoms with E-state index in [0.717, 1.165) is 16.6 Å². The van der Waals surface area contributed by atoms with Gasteiger partial charge < -0.3 is 9.30 Å². The molecule has 0 bridgehead atoms. The molecule has 0 aliphatic carbocycles. The summed E-state index contributed by atoms with van der Waals surface area (Å²) >= 11 is 7.35.